The predicted molar refractivity (Wildman–Crippen MR) is 104 cm³/mol. The first-order valence-electron chi connectivity index (χ1n) is 9.14. The summed E-state index contributed by atoms with van der Waals surface area (Å²) >= 11 is 0. The maximum Gasteiger partial charge on any atom is 0.285 e. The molecule has 0 aliphatic heterocycles. The molecule has 2 heterocycles. The summed E-state index contributed by atoms with van der Waals surface area (Å²) in [6, 6.07) is 7.24. The molecule has 29 heavy (non-hydrogen) atoms. The zero-order valence-corrected chi connectivity index (χ0v) is 16.7. The molecule has 9 heteroatoms. The Bertz CT molecular complexity index is 1130. The molecule has 0 bridgehead atoms. The predicted octanol–water partition coefficient (Wildman–Crippen LogP) is 2.36. The van der Waals surface area contributed by atoms with Crippen LogP contribution in [0.2, 0.25) is 0 Å². The normalized spacial score (nSPS) is 10.6. The summed E-state index contributed by atoms with van der Waals surface area (Å²) in [5.41, 5.74) is 1.65. The molecule has 2 aromatic heterocycles. The number of nitriles is 1. The number of hydrogen-bond donors (Lipinski definition) is 0. The van der Waals surface area contributed by atoms with E-state index in [2.05, 4.69) is 15.2 Å². The first-order chi connectivity index (χ1) is 14.1. The van der Waals surface area contributed by atoms with Gasteiger partial charge < -0.3 is 14.0 Å². The maximum atomic E-state index is 12.7. The lowest BCUT2D eigenvalue weighted by molar-refractivity contribution is 0.361. The van der Waals surface area contributed by atoms with Gasteiger partial charge in [0.15, 0.2) is 0 Å². The second-order valence-corrected chi connectivity index (χ2v) is 6.16. The Morgan fingerprint density at radius 1 is 1.21 bits per heavy atom. The van der Waals surface area contributed by atoms with Gasteiger partial charge in [-0.1, -0.05) is 19.0 Å². The molecule has 0 aliphatic carbocycles. The van der Waals surface area contributed by atoms with Crippen LogP contribution in [0, 0.1) is 11.3 Å². The first kappa shape index (κ1) is 20.1. The second kappa shape index (κ2) is 8.56. The number of nitrogens with zero attached hydrogens (tertiary/aromatic N) is 5. The van der Waals surface area contributed by atoms with Crippen molar-refractivity contribution in [1.82, 2.24) is 19.9 Å². The van der Waals surface area contributed by atoms with Gasteiger partial charge in [0.05, 0.1) is 25.5 Å². The molecule has 0 N–H and O–H groups in total. The Morgan fingerprint density at radius 3 is 2.62 bits per heavy atom. The van der Waals surface area contributed by atoms with E-state index in [0.717, 1.165) is 0 Å². The molecule has 0 fully saturated rings. The first-order valence-corrected chi connectivity index (χ1v) is 9.14. The van der Waals surface area contributed by atoms with Gasteiger partial charge in [0.1, 0.15) is 29.7 Å². The van der Waals surface area contributed by atoms with Crippen molar-refractivity contribution in [1.29, 1.82) is 5.26 Å². The highest BCUT2D eigenvalue weighted by molar-refractivity contribution is 5.65. The van der Waals surface area contributed by atoms with Gasteiger partial charge in [0, 0.05) is 6.07 Å². The number of methoxy groups -OCH3 is 2. The Hall–Kier alpha value is -3.67. The summed E-state index contributed by atoms with van der Waals surface area (Å²) < 4.78 is 17.1. The van der Waals surface area contributed by atoms with Crippen molar-refractivity contribution in [2.24, 2.45) is 0 Å². The molecule has 0 aliphatic rings. The SMILES string of the molecule is CCc1nn(Cc2nc(-c3ccc(OC)cc3OC)no2)c(=O)c(C#N)c1CC. The van der Waals surface area contributed by atoms with E-state index >= 15 is 0 Å². The van der Waals surface area contributed by atoms with Gasteiger partial charge in [-0.25, -0.2) is 4.68 Å². The molecular weight excluding hydrogens is 374 g/mol. The Morgan fingerprint density at radius 2 is 2.00 bits per heavy atom. The zero-order valence-electron chi connectivity index (χ0n) is 16.7. The highest BCUT2D eigenvalue weighted by atomic mass is 16.5. The van der Waals surface area contributed by atoms with Crippen LogP contribution in [0.25, 0.3) is 11.4 Å². The molecule has 0 atom stereocenters. The second-order valence-electron chi connectivity index (χ2n) is 6.16. The van der Waals surface area contributed by atoms with Crippen LogP contribution < -0.4 is 15.0 Å². The molecule has 0 saturated heterocycles. The van der Waals surface area contributed by atoms with Crippen LogP contribution in [0.15, 0.2) is 27.5 Å². The lowest BCUT2D eigenvalue weighted by atomic mass is 10.0. The van der Waals surface area contributed by atoms with Crippen molar-refractivity contribution in [2.45, 2.75) is 33.2 Å². The highest BCUT2D eigenvalue weighted by Gasteiger charge is 2.18. The molecule has 9 nitrogen and oxygen atoms in total. The van der Waals surface area contributed by atoms with Gasteiger partial charge in [-0.15, -0.1) is 0 Å². The summed E-state index contributed by atoms with van der Waals surface area (Å²) in [5, 5.41) is 17.8. The topological polar surface area (TPSA) is 116 Å². The average Bonchev–Trinajstić information content (AvgIpc) is 3.22. The molecule has 3 rings (SSSR count). The van der Waals surface area contributed by atoms with E-state index in [1.165, 1.54) is 11.8 Å². The fourth-order valence-electron chi connectivity index (χ4n) is 3.08. The Labute approximate surface area is 167 Å². The van der Waals surface area contributed by atoms with Crippen molar-refractivity contribution in [3.05, 3.63) is 51.3 Å². The Kier molecular flexibility index (Phi) is 5.93. The van der Waals surface area contributed by atoms with Crippen LogP contribution in [-0.4, -0.2) is 34.1 Å². The molecular formula is C20H21N5O4. The summed E-state index contributed by atoms with van der Waals surface area (Å²) in [4.78, 5) is 17.0. The average molecular weight is 395 g/mol. The molecule has 0 spiro atoms. The summed E-state index contributed by atoms with van der Waals surface area (Å²) in [7, 11) is 3.10. The molecule has 0 radical (unpaired) electrons. The molecule has 1 aromatic carbocycles. The summed E-state index contributed by atoms with van der Waals surface area (Å²) in [6.07, 6.45) is 1.17. The van der Waals surface area contributed by atoms with Crippen LogP contribution in [0.3, 0.4) is 0 Å². The van der Waals surface area contributed by atoms with Gasteiger partial charge in [-0.3, -0.25) is 4.79 Å². The van der Waals surface area contributed by atoms with Gasteiger partial charge in [0.25, 0.3) is 5.56 Å². The third kappa shape index (κ3) is 3.82. The number of benzene rings is 1. The van der Waals surface area contributed by atoms with Gasteiger partial charge in [-0.2, -0.15) is 15.3 Å². The minimum atomic E-state index is -0.469. The number of ether oxygens (including phenoxy) is 2. The van der Waals surface area contributed by atoms with E-state index in [1.807, 2.05) is 19.9 Å². The minimum Gasteiger partial charge on any atom is -0.497 e. The molecule has 0 amide bonds. The number of rotatable bonds is 7. The third-order valence-electron chi connectivity index (χ3n) is 4.54. The molecule has 0 saturated carbocycles. The monoisotopic (exact) mass is 395 g/mol. The van der Waals surface area contributed by atoms with Crippen molar-refractivity contribution >= 4 is 0 Å². The van der Waals surface area contributed by atoms with Crippen molar-refractivity contribution in [2.75, 3.05) is 14.2 Å². The lowest BCUT2D eigenvalue weighted by Gasteiger charge is -2.10. The fraction of sp³-hybridized carbons (Fsp3) is 0.350. The van der Waals surface area contributed by atoms with Crippen LogP contribution >= 0.6 is 0 Å². The fourth-order valence-corrected chi connectivity index (χ4v) is 3.08. The number of aryl methyl sites for hydroxylation is 1. The van der Waals surface area contributed by atoms with Crippen molar-refractivity contribution < 1.29 is 14.0 Å². The van der Waals surface area contributed by atoms with E-state index in [4.69, 9.17) is 14.0 Å². The molecule has 3 aromatic rings. The van der Waals surface area contributed by atoms with Crippen molar-refractivity contribution in [3.63, 3.8) is 0 Å². The number of aromatic nitrogens is 4. The van der Waals surface area contributed by atoms with Crippen LogP contribution in [-0.2, 0) is 19.4 Å². The minimum absolute atomic E-state index is 0.0318. The third-order valence-corrected chi connectivity index (χ3v) is 4.54. The summed E-state index contributed by atoms with van der Waals surface area (Å²) in [5.74, 6) is 1.67. The smallest absolute Gasteiger partial charge is 0.285 e. The van der Waals surface area contributed by atoms with E-state index in [-0.39, 0.29) is 18.0 Å². The van der Waals surface area contributed by atoms with E-state index in [1.54, 1.807) is 25.3 Å². The van der Waals surface area contributed by atoms with Crippen LogP contribution in [0.4, 0.5) is 0 Å². The quantitative estimate of drug-likeness (QED) is 0.598. The number of hydrogen-bond acceptors (Lipinski definition) is 8. The lowest BCUT2D eigenvalue weighted by Crippen LogP contribution is -2.29. The van der Waals surface area contributed by atoms with Gasteiger partial charge in [0.2, 0.25) is 11.7 Å². The van der Waals surface area contributed by atoms with E-state index in [9.17, 15) is 10.1 Å². The zero-order chi connectivity index (χ0) is 21.0. The maximum absolute atomic E-state index is 12.7. The van der Waals surface area contributed by atoms with Gasteiger partial charge in [-0.05, 0) is 30.5 Å². The van der Waals surface area contributed by atoms with Gasteiger partial charge >= 0.3 is 0 Å². The van der Waals surface area contributed by atoms with Crippen LogP contribution in [0.1, 0.15) is 36.6 Å². The standard InChI is InChI=1S/C20H21N5O4/c1-5-13-15(10-21)20(26)25(23-16(13)6-2)11-18-22-19(24-29-18)14-8-7-12(27-3)9-17(14)28-4/h7-9H,5-6,11H2,1-4H3. The highest BCUT2D eigenvalue weighted by Crippen LogP contribution is 2.31. The molecule has 0 unspecified atom stereocenters. The van der Waals surface area contributed by atoms with E-state index < -0.39 is 5.56 Å². The van der Waals surface area contributed by atoms with E-state index in [0.29, 0.717) is 47.0 Å². The largest absolute Gasteiger partial charge is 0.497 e. The summed E-state index contributed by atoms with van der Waals surface area (Å²) in [6.45, 7) is 3.79. The Balaban J connectivity index is 1.98. The molecule has 150 valence electrons. The van der Waals surface area contributed by atoms with Crippen molar-refractivity contribution in [3.8, 4) is 29.0 Å². The van der Waals surface area contributed by atoms with Crippen LogP contribution in [0.5, 0.6) is 11.5 Å².